The van der Waals surface area contributed by atoms with Crippen LogP contribution in [0.2, 0.25) is 0 Å². The number of aryl methyl sites for hydroxylation is 1. The van der Waals surface area contributed by atoms with Crippen LogP contribution in [0.1, 0.15) is 34.0 Å². The maximum Gasteiger partial charge on any atom is 0.251 e. The zero-order valence-electron chi connectivity index (χ0n) is 22.6. The molecule has 0 aliphatic carbocycles. The lowest BCUT2D eigenvalue weighted by Crippen LogP contribution is -2.48. The number of halogens is 2. The Morgan fingerprint density at radius 3 is 2.33 bits per heavy atom. The van der Waals surface area contributed by atoms with Gasteiger partial charge in [0.25, 0.3) is 5.91 Å². The van der Waals surface area contributed by atoms with Gasteiger partial charge in [-0.25, -0.2) is 21.9 Å². The lowest BCUT2D eigenvalue weighted by Gasteiger charge is -2.25. The highest BCUT2D eigenvalue weighted by Gasteiger charge is 2.24. The number of sulfonamides is 1. The van der Waals surface area contributed by atoms with Crippen LogP contribution in [0.4, 0.5) is 8.78 Å². The van der Waals surface area contributed by atoms with E-state index in [1.54, 1.807) is 7.05 Å². The second-order valence-corrected chi connectivity index (χ2v) is 11.2. The molecule has 0 aliphatic rings. The third kappa shape index (κ3) is 9.46. The predicted molar refractivity (Wildman–Crippen MR) is 150 cm³/mol. The molecular weight excluding hydrogens is 538 g/mol. The average Bonchev–Trinajstić information content (AvgIpc) is 2.92. The number of likely N-dealkylation sites (N-methyl/N-ethyl adjacent to an activating group) is 1. The Bertz CT molecular complexity index is 1370. The van der Waals surface area contributed by atoms with Gasteiger partial charge in [-0.05, 0) is 66.9 Å². The van der Waals surface area contributed by atoms with E-state index in [4.69, 9.17) is 0 Å². The minimum atomic E-state index is -3.85. The molecule has 3 aromatic rings. The molecule has 8 nitrogen and oxygen atoms in total. The van der Waals surface area contributed by atoms with E-state index in [9.17, 15) is 27.1 Å². The smallest absolute Gasteiger partial charge is 0.251 e. The summed E-state index contributed by atoms with van der Waals surface area (Å²) in [6.45, 7) is 3.22. The van der Waals surface area contributed by atoms with Gasteiger partial charge in [-0.1, -0.05) is 37.3 Å². The molecular formula is C29H36F2N4O4S. The van der Waals surface area contributed by atoms with Crippen LogP contribution in [0.3, 0.4) is 0 Å². The molecule has 0 radical (unpaired) electrons. The molecule has 2 atom stereocenters. The number of benzene rings is 3. The number of rotatable bonds is 15. The number of hydrogen-bond donors (Lipinski definition) is 5. The number of nitrogens with one attached hydrogen (secondary N) is 4. The van der Waals surface area contributed by atoms with Crippen molar-refractivity contribution in [1.29, 1.82) is 0 Å². The summed E-state index contributed by atoms with van der Waals surface area (Å²) in [5.41, 5.74) is 2.52. The molecule has 0 aromatic heterocycles. The van der Waals surface area contributed by atoms with Gasteiger partial charge in [0.1, 0.15) is 11.6 Å². The lowest BCUT2D eigenvalue weighted by molar-refractivity contribution is 0.0829. The van der Waals surface area contributed by atoms with Gasteiger partial charge in [-0.3, -0.25) is 4.79 Å². The highest BCUT2D eigenvalue weighted by molar-refractivity contribution is 7.89. The van der Waals surface area contributed by atoms with Crippen LogP contribution in [0.25, 0.3) is 0 Å². The SMILES string of the molecule is CCc1cccc(CNCC(O)C(Cc2cc(F)cc(F)c2)NC(=O)c2cccc(S(=O)(=O)NCCNC)c2)c1. The highest BCUT2D eigenvalue weighted by atomic mass is 32.2. The fourth-order valence-electron chi connectivity index (χ4n) is 4.18. The molecule has 3 aromatic carbocycles. The number of carbonyl (C=O) groups is 1. The largest absolute Gasteiger partial charge is 0.390 e. The summed E-state index contributed by atoms with van der Waals surface area (Å²) < 4.78 is 55.4. The van der Waals surface area contributed by atoms with E-state index in [0.29, 0.717) is 13.1 Å². The first-order valence-corrected chi connectivity index (χ1v) is 14.6. The van der Waals surface area contributed by atoms with Crippen molar-refractivity contribution in [2.45, 2.75) is 43.4 Å². The normalized spacial score (nSPS) is 13.1. The Hall–Kier alpha value is -3.22. The fraction of sp³-hybridized carbons (Fsp3) is 0.345. The second-order valence-electron chi connectivity index (χ2n) is 9.46. The third-order valence-electron chi connectivity index (χ3n) is 6.31. The molecule has 0 spiro atoms. The fourth-order valence-corrected chi connectivity index (χ4v) is 5.26. The van der Waals surface area contributed by atoms with E-state index in [1.807, 2.05) is 18.2 Å². The van der Waals surface area contributed by atoms with E-state index in [2.05, 4.69) is 33.7 Å². The molecule has 216 valence electrons. The monoisotopic (exact) mass is 574 g/mol. The van der Waals surface area contributed by atoms with Crippen molar-refractivity contribution in [3.05, 3.63) is 101 Å². The van der Waals surface area contributed by atoms with Crippen LogP contribution in [0.15, 0.2) is 71.6 Å². The van der Waals surface area contributed by atoms with Gasteiger partial charge < -0.3 is 21.1 Å². The van der Waals surface area contributed by atoms with Gasteiger partial charge in [0.15, 0.2) is 0 Å². The third-order valence-corrected chi connectivity index (χ3v) is 7.77. The first kappa shape index (κ1) is 31.3. The molecule has 40 heavy (non-hydrogen) atoms. The lowest BCUT2D eigenvalue weighted by atomic mass is 10.00. The Morgan fingerprint density at radius 2 is 1.62 bits per heavy atom. The van der Waals surface area contributed by atoms with Crippen LogP contribution in [0, 0.1) is 11.6 Å². The molecule has 0 saturated heterocycles. The van der Waals surface area contributed by atoms with Crippen molar-refractivity contribution >= 4 is 15.9 Å². The van der Waals surface area contributed by atoms with Gasteiger partial charge >= 0.3 is 0 Å². The van der Waals surface area contributed by atoms with Crippen molar-refractivity contribution in [3.8, 4) is 0 Å². The summed E-state index contributed by atoms with van der Waals surface area (Å²) >= 11 is 0. The number of hydrogen-bond acceptors (Lipinski definition) is 6. The van der Waals surface area contributed by atoms with Gasteiger partial charge in [-0.2, -0.15) is 0 Å². The minimum absolute atomic E-state index is 0.0574. The summed E-state index contributed by atoms with van der Waals surface area (Å²) in [6, 6.07) is 15.6. The molecule has 0 aliphatic heterocycles. The summed E-state index contributed by atoms with van der Waals surface area (Å²) in [5.74, 6) is -2.18. The van der Waals surface area contributed by atoms with Crippen LogP contribution < -0.4 is 20.7 Å². The molecule has 3 rings (SSSR count). The van der Waals surface area contributed by atoms with E-state index in [-0.39, 0.29) is 35.5 Å². The zero-order valence-corrected chi connectivity index (χ0v) is 23.4. The highest BCUT2D eigenvalue weighted by Crippen LogP contribution is 2.15. The molecule has 0 heterocycles. The summed E-state index contributed by atoms with van der Waals surface area (Å²) in [7, 11) is -2.15. The Balaban J connectivity index is 1.75. The molecule has 11 heteroatoms. The van der Waals surface area contributed by atoms with E-state index >= 15 is 0 Å². The first-order valence-electron chi connectivity index (χ1n) is 13.1. The molecule has 0 fully saturated rings. The van der Waals surface area contributed by atoms with Crippen LogP contribution in [-0.4, -0.2) is 58.3 Å². The Kier molecular flexibility index (Phi) is 11.7. The summed E-state index contributed by atoms with van der Waals surface area (Å²) in [5, 5.41) is 19.7. The molecule has 0 bridgehead atoms. The van der Waals surface area contributed by atoms with Crippen molar-refractivity contribution in [2.24, 2.45) is 0 Å². The number of aliphatic hydroxyl groups excluding tert-OH is 1. The second kappa shape index (κ2) is 15.0. The maximum atomic E-state index is 13.9. The molecule has 1 amide bonds. The van der Waals surface area contributed by atoms with Gasteiger partial charge in [0.2, 0.25) is 10.0 Å². The molecule has 5 N–H and O–H groups in total. The number of aliphatic hydroxyl groups is 1. The average molecular weight is 575 g/mol. The van der Waals surface area contributed by atoms with Crippen LogP contribution in [0.5, 0.6) is 0 Å². The van der Waals surface area contributed by atoms with Gasteiger partial charge in [0, 0.05) is 37.8 Å². The quantitative estimate of drug-likeness (QED) is 0.178. The van der Waals surface area contributed by atoms with Crippen LogP contribution >= 0.6 is 0 Å². The predicted octanol–water partition coefficient (Wildman–Crippen LogP) is 2.52. The Morgan fingerprint density at radius 1 is 0.925 bits per heavy atom. The summed E-state index contributed by atoms with van der Waals surface area (Å²) in [6.07, 6.45) is -0.290. The van der Waals surface area contributed by atoms with E-state index < -0.39 is 39.7 Å². The number of carbonyl (C=O) groups excluding carboxylic acids is 1. The van der Waals surface area contributed by atoms with E-state index in [1.165, 1.54) is 29.8 Å². The zero-order chi connectivity index (χ0) is 29.1. The standard InChI is InChI=1S/C29H36F2N4O4S/c1-3-20-6-4-7-21(12-20)18-33-19-28(36)27(15-22-13-24(30)17-25(31)14-22)35-29(37)23-8-5-9-26(16-23)40(38,39)34-11-10-32-2/h4-9,12-14,16-17,27-28,32-34,36H,3,10-11,15,18-19H2,1-2H3,(H,35,37). The minimum Gasteiger partial charge on any atom is -0.390 e. The van der Waals surface area contributed by atoms with Crippen LogP contribution in [-0.2, 0) is 29.4 Å². The van der Waals surface area contributed by atoms with Crippen molar-refractivity contribution in [1.82, 2.24) is 20.7 Å². The van der Waals surface area contributed by atoms with Gasteiger partial charge in [-0.15, -0.1) is 0 Å². The number of amides is 1. The van der Waals surface area contributed by atoms with Gasteiger partial charge in [0.05, 0.1) is 17.0 Å². The maximum absolute atomic E-state index is 13.9. The topological polar surface area (TPSA) is 120 Å². The van der Waals surface area contributed by atoms with E-state index in [0.717, 1.165) is 30.2 Å². The summed E-state index contributed by atoms with van der Waals surface area (Å²) in [4.78, 5) is 13.1. The van der Waals surface area contributed by atoms with Crippen molar-refractivity contribution in [2.75, 3.05) is 26.7 Å². The van der Waals surface area contributed by atoms with Crippen molar-refractivity contribution < 1.29 is 27.1 Å². The Labute approximate surface area is 234 Å². The molecule has 2 unspecified atom stereocenters. The molecule has 0 saturated carbocycles. The first-order chi connectivity index (χ1) is 19.1. The van der Waals surface area contributed by atoms with Crippen molar-refractivity contribution in [3.63, 3.8) is 0 Å².